The maximum absolute atomic E-state index is 14.4. The number of nitrogens with zero attached hydrogens (tertiary/aromatic N) is 2. The summed E-state index contributed by atoms with van der Waals surface area (Å²) >= 11 is 0. The summed E-state index contributed by atoms with van der Waals surface area (Å²) in [5.74, 6) is -0.342. The maximum atomic E-state index is 14.4. The van der Waals surface area contributed by atoms with Gasteiger partial charge < -0.3 is 19.9 Å². The summed E-state index contributed by atoms with van der Waals surface area (Å²) in [5.41, 5.74) is 2.02. The first-order valence-electron chi connectivity index (χ1n) is 8.32. The first-order chi connectivity index (χ1) is 12.1. The standard InChI is InChI=1S/C19H22FN3O2/c1-22(14-15-5-3-2-4-6-15)19(24)21-16-7-8-18(17(20)13-16)23-9-11-25-12-10-23/h2-8,13H,9-12,14H2,1H3,(H,21,24). The third kappa shape index (κ3) is 4.48. The molecule has 6 heteroatoms. The molecule has 0 unspecified atom stereocenters. The van der Waals surface area contributed by atoms with Gasteiger partial charge >= 0.3 is 6.03 Å². The summed E-state index contributed by atoms with van der Waals surface area (Å²) in [6, 6.07) is 14.2. The first kappa shape index (κ1) is 17.2. The van der Waals surface area contributed by atoms with Crippen LogP contribution in [0, 0.1) is 5.82 Å². The van der Waals surface area contributed by atoms with E-state index < -0.39 is 0 Å². The normalized spacial score (nSPS) is 14.2. The molecule has 1 aliphatic heterocycles. The number of carbonyl (C=O) groups is 1. The zero-order valence-electron chi connectivity index (χ0n) is 14.2. The van der Waals surface area contributed by atoms with E-state index in [4.69, 9.17) is 4.74 Å². The Morgan fingerprint density at radius 1 is 1.20 bits per heavy atom. The number of amides is 2. The van der Waals surface area contributed by atoms with E-state index in [1.54, 1.807) is 24.1 Å². The molecule has 0 bridgehead atoms. The van der Waals surface area contributed by atoms with Crippen LogP contribution in [0.25, 0.3) is 0 Å². The van der Waals surface area contributed by atoms with Gasteiger partial charge in [0.25, 0.3) is 0 Å². The van der Waals surface area contributed by atoms with Crippen molar-refractivity contribution < 1.29 is 13.9 Å². The minimum absolute atomic E-state index is 0.276. The van der Waals surface area contributed by atoms with Gasteiger partial charge in [-0.15, -0.1) is 0 Å². The number of nitrogens with one attached hydrogen (secondary N) is 1. The van der Waals surface area contributed by atoms with Gasteiger partial charge in [-0.1, -0.05) is 30.3 Å². The van der Waals surface area contributed by atoms with Crippen molar-refractivity contribution in [1.29, 1.82) is 0 Å². The largest absolute Gasteiger partial charge is 0.378 e. The molecule has 2 aromatic rings. The predicted molar refractivity (Wildman–Crippen MR) is 96.4 cm³/mol. The molecule has 25 heavy (non-hydrogen) atoms. The Morgan fingerprint density at radius 3 is 2.60 bits per heavy atom. The van der Waals surface area contributed by atoms with Crippen molar-refractivity contribution in [2.24, 2.45) is 0 Å². The molecular formula is C19H22FN3O2. The number of carbonyl (C=O) groups excluding carboxylic acids is 1. The number of morpholine rings is 1. The van der Waals surface area contributed by atoms with Crippen LogP contribution in [0.2, 0.25) is 0 Å². The molecule has 132 valence electrons. The topological polar surface area (TPSA) is 44.8 Å². The number of urea groups is 1. The minimum atomic E-state index is -0.342. The highest BCUT2D eigenvalue weighted by molar-refractivity contribution is 5.89. The monoisotopic (exact) mass is 343 g/mol. The van der Waals surface area contributed by atoms with E-state index in [2.05, 4.69) is 5.32 Å². The Balaban J connectivity index is 1.62. The lowest BCUT2D eigenvalue weighted by molar-refractivity contribution is 0.122. The highest BCUT2D eigenvalue weighted by Gasteiger charge is 2.16. The third-order valence-electron chi connectivity index (χ3n) is 4.16. The Bertz CT molecular complexity index is 718. The van der Waals surface area contributed by atoms with Gasteiger partial charge in [0.15, 0.2) is 0 Å². The maximum Gasteiger partial charge on any atom is 0.321 e. The summed E-state index contributed by atoms with van der Waals surface area (Å²) in [6.07, 6.45) is 0. The fourth-order valence-corrected chi connectivity index (χ4v) is 2.79. The highest BCUT2D eigenvalue weighted by atomic mass is 19.1. The predicted octanol–water partition coefficient (Wildman–Crippen LogP) is 3.33. The van der Waals surface area contributed by atoms with E-state index in [9.17, 15) is 9.18 Å². The van der Waals surface area contributed by atoms with Crippen LogP contribution in [-0.4, -0.2) is 44.3 Å². The average molecular weight is 343 g/mol. The van der Waals surface area contributed by atoms with E-state index >= 15 is 0 Å². The van der Waals surface area contributed by atoms with Crippen LogP contribution in [0.1, 0.15) is 5.56 Å². The SMILES string of the molecule is CN(Cc1ccccc1)C(=O)Nc1ccc(N2CCOCC2)c(F)c1. The molecule has 1 saturated heterocycles. The number of halogens is 1. The molecule has 2 amide bonds. The van der Waals surface area contributed by atoms with Crippen LogP contribution in [0.4, 0.5) is 20.6 Å². The Morgan fingerprint density at radius 2 is 1.92 bits per heavy atom. The average Bonchev–Trinajstić information content (AvgIpc) is 2.63. The molecule has 3 rings (SSSR count). The van der Waals surface area contributed by atoms with Crippen molar-refractivity contribution in [3.8, 4) is 0 Å². The summed E-state index contributed by atoms with van der Waals surface area (Å²) in [4.78, 5) is 15.8. The zero-order valence-corrected chi connectivity index (χ0v) is 14.2. The highest BCUT2D eigenvalue weighted by Crippen LogP contribution is 2.24. The van der Waals surface area contributed by atoms with E-state index in [1.165, 1.54) is 6.07 Å². The van der Waals surface area contributed by atoms with Gasteiger partial charge in [0, 0.05) is 32.4 Å². The lowest BCUT2D eigenvalue weighted by atomic mass is 10.2. The van der Waals surface area contributed by atoms with Crippen molar-refractivity contribution in [3.05, 3.63) is 59.9 Å². The van der Waals surface area contributed by atoms with Crippen molar-refractivity contribution in [2.45, 2.75) is 6.54 Å². The Kier molecular flexibility index (Phi) is 5.50. The van der Waals surface area contributed by atoms with Gasteiger partial charge in [0.1, 0.15) is 5.82 Å². The second kappa shape index (κ2) is 7.98. The van der Waals surface area contributed by atoms with Crippen LogP contribution < -0.4 is 10.2 Å². The molecule has 0 spiro atoms. The van der Waals surface area contributed by atoms with Crippen LogP contribution >= 0.6 is 0 Å². The summed E-state index contributed by atoms with van der Waals surface area (Å²) in [6.45, 7) is 3.02. The number of ether oxygens (including phenoxy) is 1. The fourth-order valence-electron chi connectivity index (χ4n) is 2.79. The van der Waals surface area contributed by atoms with Crippen LogP contribution in [-0.2, 0) is 11.3 Å². The lowest BCUT2D eigenvalue weighted by Gasteiger charge is -2.29. The second-order valence-corrected chi connectivity index (χ2v) is 6.04. The number of benzene rings is 2. The van der Waals surface area contributed by atoms with Gasteiger partial charge in [-0.2, -0.15) is 0 Å². The van der Waals surface area contributed by atoms with Crippen LogP contribution in [0.15, 0.2) is 48.5 Å². The van der Waals surface area contributed by atoms with Crippen molar-refractivity contribution in [2.75, 3.05) is 43.6 Å². The van der Waals surface area contributed by atoms with E-state index in [0.717, 1.165) is 5.56 Å². The molecule has 0 aromatic heterocycles. The Hall–Kier alpha value is -2.60. The molecule has 0 saturated carbocycles. The number of hydrogen-bond donors (Lipinski definition) is 1. The van der Waals surface area contributed by atoms with Gasteiger partial charge in [0.2, 0.25) is 0 Å². The van der Waals surface area contributed by atoms with Gasteiger partial charge in [-0.05, 0) is 23.8 Å². The van der Waals surface area contributed by atoms with E-state index in [1.807, 2.05) is 35.2 Å². The number of anilines is 2. The lowest BCUT2D eigenvalue weighted by Crippen LogP contribution is -2.36. The minimum Gasteiger partial charge on any atom is -0.378 e. The quantitative estimate of drug-likeness (QED) is 0.926. The fraction of sp³-hybridized carbons (Fsp3) is 0.316. The Labute approximate surface area is 147 Å². The number of hydrogen-bond acceptors (Lipinski definition) is 3. The first-order valence-corrected chi connectivity index (χ1v) is 8.32. The smallest absolute Gasteiger partial charge is 0.321 e. The molecule has 0 aliphatic carbocycles. The molecule has 1 fully saturated rings. The molecule has 0 atom stereocenters. The molecule has 1 N–H and O–H groups in total. The van der Waals surface area contributed by atoms with Gasteiger partial charge in [-0.25, -0.2) is 9.18 Å². The molecular weight excluding hydrogens is 321 g/mol. The molecule has 1 heterocycles. The van der Waals surface area contributed by atoms with Gasteiger partial charge in [0.05, 0.1) is 18.9 Å². The van der Waals surface area contributed by atoms with Gasteiger partial charge in [-0.3, -0.25) is 0 Å². The summed E-state index contributed by atoms with van der Waals surface area (Å²) in [7, 11) is 1.71. The van der Waals surface area contributed by atoms with Crippen LogP contribution in [0.5, 0.6) is 0 Å². The van der Waals surface area contributed by atoms with Crippen LogP contribution in [0.3, 0.4) is 0 Å². The second-order valence-electron chi connectivity index (χ2n) is 6.04. The summed E-state index contributed by atoms with van der Waals surface area (Å²) in [5, 5.41) is 2.74. The van der Waals surface area contributed by atoms with Crippen molar-refractivity contribution in [1.82, 2.24) is 4.90 Å². The third-order valence-corrected chi connectivity index (χ3v) is 4.16. The van der Waals surface area contributed by atoms with Crippen molar-refractivity contribution in [3.63, 3.8) is 0 Å². The van der Waals surface area contributed by atoms with Crippen molar-refractivity contribution >= 4 is 17.4 Å². The number of rotatable bonds is 4. The molecule has 0 radical (unpaired) electrons. The molecule has 1 aliphatic rings. The summed E-state index contributed by atoms with van der Waals surface area (Å²) < 4.78 is 19.7. The zero-order chi connectivity index (χ0) is 17.6. The van der Waals surface area contributed by atoms with E-state index in [-0.39, 0.29) is 11.8 Å². The van der Waals surface area contributed by atoms with E-state index in [0.29, 0.717) is 44.2 Å². The molecule has 2 aromatic carbocycles. The molecule has 5 nitrogen and oxygen atoms in total.